The summed E-state index contributed by atoms with van der Waals surface area (Å²) in [7, 11) is 0. The first-order valence-electron chi connectivity index (χ1n) is 8.41. The molecule has 2 heterocycles. The van der Waals surface area contributed by atoms with Crippen LogP contribution in [0.4, 0.5) is 5.82 Å². The predicted octanol–water partition coefficient (Wildman–Crippen LogP) is 2.37. The van der Waals surface area contributed by atoms with Gasteiger partial charge in [0.05, 0.1) is 0 Å². The summed E-state index contributed by atoms with van der Waals surface area (Å²) in [6.45, 7) is 11.4. The van der Waals surface area contributed by atoms with Crippen molar-refractivity contribution in [2.24, 2.45) is 0 Å². The lowest BCUT2D eigenvalue weighted by Crippen LogP contribution is -2.47. The smallest absolute Gasteiger partial charge is 0.128 e. The molecule has 1 aliphatic rings. The van der Waals surface area contributed by atoms with E-state index in [0.29, 0.717) is 6.04 Å². The second kappa shape index (κ2) is 9.00. The fraction of sp³-hybridized carbons (Fsp3) is 0.706. The van der Waals surface area contributed by atoms with E-state index >= 15 is 0 Å². The molecule has 1 aliphatic heterocycles. The van der Waals surface area contributed by atoms with Gasteiger partial charge in [-0.15, -0.1) is 0 Å². The number of nitrogens with zero attached hydrogens (tertiary/aromatic N) is 3. The van der Waals surface area contributed by atoms with Gasteiger partial charge in [0, 0.05) is 38.4 Å². The van der Waals surface area contributed by atoms with E-state index in [1.54, 1.807) is 0 Å². The van der Waals surface area contributed by atoms with E-state index in [-0.39, 0.29) is 0 Å². The molecule has 0 saturated carbocycles. The quantitative estimate of drug-likeness (QED) is 0.796. The minimum Gasteiger partial charge on any atom is -0.354 e. The van der Waals surface area contributed by atoms with Gasteiger partial charge in [0.2, 0.25) is 0 Å². The first-order valence-corrected chi connectivity index (χ1v) is 8.41. The Morgan fingerprint density at radius 3 is 2.71 bits per heavy atom. The topological polar surface area (TPSA) is 31.4 Å². The van der Waals surface area contributed by atoms with Gasteiger partial charge in [0.15, 0.2) is 0 Å². The molecule has 1 aromatic heterocycles. The van der Waals surface area contributed by atoms with Crippen molar-refractivity contribution in [3.05, 3.63) is 24.4 Å². The van der Waals surface area contributed by atoms with Crippen LogP contribution in [0.1, 0.15) is 33.1 Å². The summed E-state index contributed by atoms with van der Waals surface area (Å²) in [5, 5.41) is 3.56. The van der Waals surface area contributed by atoms with Crippen LogP contribution in [0.3, 0.4) is 0 Å². The highest BCUT2D eigenvalue weighted by Gasteiger charge is 2.17. The van der Waals surface area contributed by atoms with E-state index in [2.05, 4.69) is 46.1 Å². The third-order valence-electron chi connectivity index (χ3n) is 4.20. The fourth-order valence-corrected chi connectivity index (χ4v) is 2.86. The number of anilines is 1. The van der Waals surface area contributed by atoms with Gasteiger partial charge < -0.3 is 10.2 Å². The van der Waals surface area contributed by atoms with E-state index in [0.717, 1.165) is 38.5 Å². The molecule has 1 aromatic rings. The Morgan fingerprint density at radius 2 is 2.05 bits per heavy atom. The number of piperazine rings is 1. The standard InChI is InChI=1S/C17H30N4/c1-3-9-18-16(2)7-6-11-20-12-14-21(15-13-20)17-8-4-5-10-19-17/h4-5,8,10,16,18H,3,6-7,9,11-15H2,1-2H3. The molecule has 0 bridgehead atoms. The fourth-order valence-electron chi connectivity index (χ4n) is 2.86. The van der Waals surface area contributed by atoms with Gasteiger partial charge in [-0.2, -0.15) is 0 Å². The molecule has 1 saturated heterocycles. The molecule has 1 fully saturated rings. The number of nitrogens with one attached hydrogen (secondary N) is 1. The lowest BCUT2D eigenvalue weighted by atomic mass is 10.1. The van der Waals surface area contributed by atoms with Crippen LogP contribution < -0.4 is 10.2 Å². The predicted molar refractivity (Wildman–Crippen MR) is 89.9 cm³/mol. The number of rotatable bonds is 8. The van der Waals surface area contributed by atoms with Crippen molar-refractivity contribution in [1.82, 2.24) is 15.2 Å². The average Bonchev–Trinajstić information content (AvgIpc) is 2.54. The van der Waals surface area contributed by atoms with Crippen molar-refractivity contribution < 1.29 is 0 Å². The molecule has 0 amide bonds. The Labute approximate surface area is 129 Å². The van der Waals surface area contributed by atoms with Crippen molar-refractivity contribution in [1.29, 1.82) is 0 Å². The third kappa shape index (κ3) is 5.64. The highest BCUT2D eigenvalue weighted by atomic mass is 15.3. The van der Waals surface area contributed by atoms with Crippen LogP contribution in [-0.4, -0.2) is 55.2 Å². The molecule has 1 unspecified atom stereocenters. The maximum atomic E-state index is 4.44. The summed E-state index contributed by atoms with van der Waals surface area (Å²) in [6, 6.07) is 6.81. The van der Waals surface area contributed by atoms with Gasteiger partial charge in [0.25, 0.3) is 0 Å². The second-order valence-corrected chi connectivity index (χ2v) is 6.01. The average molecular weight is 290 g/mol. The van der Waals surface area contributed by atoms with E-state index in [9.17, 15) is 0 Å². The zero-order chi connectivity index (χ0) is 14.9. The Kier molecular flexibility index (Phi) is 6.96. The molecule has 0 aromatic carbocycles. The van der Waals surface area contributed by atoms with E-state index in [1.807, 2.05) is 12.3 Å². The van der Waals surface area contributed by atoms with E-state index in [1.165, 1.54) is 25.8 Å². The molecule has 1 atom stereocenters. The van der Waals surface area contributed by atoms with Crippen LogP contribution in [0.2, 0.25) is 0 Å². The van der Waals surface area contributed by atoms with Gasteiger partial charge in [-0.05, 0) is 51.4 Å². The second-order valence-electron chi connectivity index (χ2n) is 6.01. The summed E-state index contributed by atoms with van der Waals surface area (Å²) < 4.78 is 0. The summed E-state index contributed by atoms with van der Waals surface area (Å²) in [5.74, 6) is 1.12. The lowest BCUT2D eigenvalue weighted by Gasteiger charge is -2.35. The highest BCUT2D eigenvalue weighted by Crippen LogP contribution is 2.12. The number of hydrogen-bond acceptors (Lipinski definition) is 4. The molecule has 4 heteroatoms. The van der Waals surface area contributed by atoms with Crippen LogP contribution in [-0.2, 0) is 0 Å². The molecule has 2 rings (SSSR count). The maximum absolute atomic E-state index is 4.44. The summed E-state index contributed by atoms with van der Waals surface area (Å²) in [6.07, 6.45) is 5.67. The zero-order valence-electron chi connectivity index (χ0n) is 13.6. The van der Waals surface area contributed by atoms with Crippen molar-refractivity contribution in [2.45, 2.75) is 39.2 Å². The molecular weight excluding hydrogens is 260 g/mol. The SMILES string of the molecule is CCCNC(C)CCCN1CCN(c2ccccn2)CC1. The van der Waals surface area contributed by atoms with Crippen LogP contribution in [0.25, 0.3) is 0 Å². The van der Waals surface area contributed by atoms with E-state index in [4.69, 9.17) is 0 Å². The monoisotopic (exact) mass is 290 g/mol. The molecule has 0 radical (unpaired) electrons. The Morgan fingerprint density at radius 1 is 1.24 bits per heavy atom. The van der Waals surface area contributed by atoms with Gasteiger partial charge in [-0.3, -0.25) is 4.90 Å². The van der Waals surface area contributed by atoms with Gasteiger partial charge in [0.1, 0.15) is 5.82 Å². The summed E-state index contributed by atoms with van der Waals surface area (Å²) in [5.41, 5.74) is 0. The first kappa shape index (κ1) is 16.2. The Bertz CT molecular complexity index is 374. The highest BCUT2D eigenvalue weighted by molar-refractivity contribution is 5.38. The molecule has 1 N–H and O–H groups in total. The molecule has 0 spiro atoms. The zero-order valence-corrected chi connectivity index (χ0v) is 13.6. The van der Waals surface area contributed by atoms with Crippen LogP contribution in [0.15, 0.2) is 24.4 Å². The van der Waals surface area contributed by atoms with Crippen LogP contribution >= 0.6 is 0 Å². The number of pyridine rings is 1. The maximum Gasteiger partial charge on any atom is 0.128 e. The number of aromatic nitrogens is 1. The van der Waals surface area contributed by atoms with Crippen molar-refractivity contribution >= 4 is 5.82 Å². The lowest BCUT2D eigenvalue weighted by molar-refractivity contribution is 0.248. The van der Waals surface area contributed by atoms with Gasteiger partial charge in [-0.25, -0.2) is 4.98 Å². The minimum absolute atomic E-state index is 0.653. The van der Waals surface area contributed by atoms with Crippen molar-refractivity contribution in [3.63, 3.8) is 0 Å². The third-order valence-corrected chi connectivity index (χ3v) is 4.20. The van der Waals surface area contributed by atoms with E-state index < -0.39 is 0 Å². The summed E-state index contributed by atoms with van der Waals surface area (Å²) in [4.78, 5) is 9.42. The molecular formula is C17H30N4. The Balaban J connectivity index is 1.61. The van der Waals surface area contributed by atoms with Crippen molar-refractivity contribution in [3.8, 4) is 0 Å². The van der Waals surface area contributed by atoms with Gasteiger partial charge >= 0.3 is 0 Å². The Hall–Kier alpha value is -1.13. The normalized spacial score (nSPS) is 17.9. The number of hydrogen-bond donors (Lipinski definition) is 1. The molecule has 4 nitrogen and oxygen atoms in total. The molecule has 21 heavy (non-hydrogen) atoms. The molecule has 118 valence electrons. The van der Waals surface area contributed by atoms with Crippen LogP contribution in [0.5, 0.6) is 0 Å². The van der Waals surface area contributed by atoms with Crippen LogP contribution in [0, 0.1) is 0 Å². The first-order chi connectivity index (χ1) is 10.3. The largest absolute Gasteiger partial charge is 0.354 e. The van der Waals surface area contributed by atoms with Gasteiger partial charge in [-0.1, -0.05) is 13.0 Å². The van der Waals surface area contributed by atoms with Crippen molar-refractivity contribution in [2.75, 3.05) is 44.2 Å². The molecule has 0 aliphatic carbocycles. The summed E-state index contributed by atoms with van der Waals surface area (Å²) >= 11 is 0. The minimum atomic E-state index is 0.653.